The predicted molar refractivity (Wildman–Crippen MR) is 177 cm³/mol. The fourth-order valence-electron chi connectivity index (χ4n) is 8.49. The smallest absolute Gasteiger partial charge is 0.408 e. The molecule has 274 valence electrons. The predicted octanol–water partition coefficient (Wildman–Crippen LogP) is 2.13. The van der Waals surface area contributed by atoms with Gasteiger partial charge in [-0.25, -0.2) is 4.79 Å². The average molecular weight is 681 g/mol. The van der Waals surface area contributed by atoms with Crippen LogP contribution in [0.1, 0.15) is 87.0 Å². The van der Waals surface area contributed by atoms with E-state index in [0.29, 0.717) is 38.4 Å². The molecule has 13 heteroatoms. The number of carbonyl (C=O) groups is 3. The number of hydrogen-bond acceptors (Lipinski definition) is 12. The van der Waals surface area contributed by atoms with Gasteiger partial charge in [-0.3, -0.25) is 9.59 Å². The van der Waals surface area contributed by atoms with E-state index in [2.05, 4.69) is 22.9 Å². The summed E-state index contributed by atoms with van der Waals surface area (Å²) in [6, 6.07) is -0.432. The Morgan fingerprint density at radius 1 is 1.10 bits per heavy atom. The number of aliphatic hydroxyl groups excluding tert-OH is 1. The van der Waals surface area contributed by atoms with Crippen LogP contribution in [0, 0.1) is 17.3 Å². The minimum atomic E-state index is -1.55. The second-order valence-corrected chi connectivity index (χ2v) is 16.0. The van der Waals surface area contributed by atoms with Crippen LogP contribution in [-0.2, 0) is 33.3 Å². The molecular weight excluding hydrogens is 620 g/mol. The molecule has 3 unspecified atom stereocenters. The van der Waals surface area contributed by atoms with Gasteiger partial charge in [-0.2, -0.15) is 0 Å². The minimum Gasteiger partial charge on any atom is -0.457 e. The van der Waals surface area contributed by atoms with Gasteiger partial charge in [0.1, 0.15) is 17.6 Å². The fourth-order valence-corrected chi connectivity index (χ4v) is 8.49. The molecule has 6 aliphatic rings. The molecule has 2 bridgehead atoms. The number of hydrogen-bond donors (Lipinski definition) is 4. The Morgan fingerprint density at radius 2 is 1.81 bits per heavy atom. The van der Waals surface area contributed by atoms with Gasteiger partial charge in [0.25, 0.3) is 0 Å². The van der Waals surface area contributed by atoms with Crippen molar-refractivity contribution in [1.82, 2.24) is 20.9 Å². The molecule has 5 heterocycles. The molecule has 13 atom stereocenters. The number of ketones is 1. The zero-order chi connectivity index (χ0) is 35.2. The standard InChI is InChI=1S/C35H60N4O9/c1-10-25-35(7)27(38-32(43)48-35)21(4)36-17-19(2)16-34(6)29(20(3)28(41)33(5,13-14-44-34)31(42)46-25)47-30-26(40)24(39(8)9)15-23(45-30)18-37-22-11-12-22/h19-27,29-30,36-37,40H,10-18H2,1-9H3,(H,38,43)/t19-,20+,21-,23?,24?,25-,26?,27-,29-,30+,33+,34+,35-/m1/s1. The molecular formula is C35H60N4O9. The number of alkyl carbamates (subject to hydrolysis) is 1. The third kappa shape index (κ3) is 7.43. The first-order valence-electron chi connectivity index (χ1n) is 18.0. The number of aliphatic hydroxyl groups is 1. The van der Waals surface area contributed by atoms with Crippen molar-refractivity contribution in [2.75, 3.05) is 33.8 Å². The van der Waals surface area contributed by atoms with Gasteiger partial charge < -0.3 is 49.6 Å². The van der Waals surface area contributed by atoms with Gasteiger partial charge in [-0.05, 0) is 92.8 Å². The highest BCUT2D eigenvalue weighted by molar-refractivity contribution is 6.04. The normalized spacial score (nSPS) is 46.2. The van der Waals surface area contributed by atoms with Crippen molar-refractivity contribution in [3.8, 4) is 0 Å². The summed E-state index contributed by atoms with van der Waals surface area (Å²) >= 11 is 0. The summed E-state index contributed by atoms with van der Waals surface area (Å²) in [6.45, 7) is 14.4. The lowest BCUT2D eigenvalue weighted by Crippen LogP contribution is -2.62. The lowest BCUT2D eigenvalue weighted by Gasteiger charge is -2.49. The first-order chi connectivity index (χ1) is 22.5. The van der Waals surface area contributed by atoms with Gasteiger partial charge in [0, 0.05) is 37.2 Å². The van der Waals surface area contributed by atoms with E-state index in [0.717, 1.165) is 12.8 Å². The van der Waals surface area contributed by atoms with Gasteiger partial charge in [-0.15, -0.1) is 0 Å². The quantitative estimate of drug-likeness (QED) is 0.230. The maximum atomic E-state index is 14.6. The highest BCUT2D eigenvalue weighted by Crippen LogP contribution is 2.43. The van der Waals surface area contributed by atoms with Gasteiger partial charge in [0.15, 0.2) is 17.7 Å². The Hall–Kier alpha value is -1.87. The molecule has 0 radical (unpaired) electrons. The highest BCUT2D eigenvalue weighted by atomic mass is 16.7. The van der Waals surface area contributed by atoms with Gasteiger partial charge >= 0.3 is 12.1 Å². The molecule has 1 aliphatic carbocycles. The van der Waals surface area contributed by atoms with E-state index in [1.54, 1.807) is 20.8 Å². The topological polar surface area (TPSA) is 157 Å². The van der Waals surface area contributed by atoms with Crippen molar-refractivity contribution in [2.24, 2.45) is 17.3 Å². The molecule has 4 N–H and O–H groups in total. The zero-order valence-corrected chi connectivity index (χ0v) is 30.4. The van der Waals surface area contributed by atoms with Crippen LogP contribution in [-0.4, -0.2) is 128 Å². The number of amides is 1. The average Bonchev–Trinajstić information content (AvgIpc) is 3.80. The van der Waals surface area contributed by atoms with Crippen LogP contribution in [0.3, 0.4) is 0 Å². The maximum Gasteiger partial charge on any atom is 0.408 e. The van der Waals surface area contributed by atoms with Gasteiger partial charge in [0.2, 0.25) is 0 Å². The third-order valence-electron chi connectivity index (χ3n) is 11.7. The molecule has 0 spiro atoms. The van der Waals surface area contributed by atoms with Crippen molar-refractivity contribution < 1.29 is 43.2 Å². The number of ether oxygens (including phenoxy) is 5. The van der Waals surface area contributed by atoms with Crippen LogP contribution in [0.5, 0.6) is 0 Å². The van der Waals surface area contributed by atoms with Crippen molar-refractivity contribution in [3.05, 3.63) is 0 Å². The lowest BCUT2D eigenvalue weighted by molar-refractivity contribution is -0.301. The molecule has 0 aromatic heterocycles. The Balaban J connectivity index is 1.50. The van der Waals surface area contributed by atoms with Crippen LogP contribution in [0.25, 0.3) is 0 Å². The second kappa shape index (κ2) is 14.4. The number of carbonyl (C=O) groups excluding carboxylic acids is 3. The van der Waals surface area contributed by atoms with E-state index in [9.17, 15) is 19.5 Å². The number of rotatable bonds is 7. The van der Waals surface area contributed by atoms with Crippen LogP contribution < -0.4 is 16.0 Å². The second-order valence-electron chi connectivity index (χ2n) is 16.0. The van der Waals surface area contributed by atoms with Crippen molar-refractivity contribution in [2.45, 2.75) is 153 Å². The monoisotopic (exact) mass is 680 g/mol. The van der Waals surface area contributed by atoms with E-state index < -0.39 is 65.2 Å². The number of Topliss-reactive ketones (excluding diaryl/α,β-unsaturated/α-hetero) is 1. The number of fused-ring (bicyclic) bond motifs is 10. The SMILES string of the molecule is CC[C@H]1OC(=O)[C@@]2(C)CCO[C@@](C)(C[C@@H](C)CN[C@H](C)[C@H]3NC(=O)O[C@@]31C)[C@H](O[C@@H]1OC(CNC3CC3)CC(N(C)C)C1O)[C@@H](C)C2=O. The van der Waals surface area contributed by atoms with Crippen molar-refractivity contribution in [3.63, 3.8) is 0 Å². The molecule has 5 saturated heterocycles. The van der Waals surface area contributed by atoms with Crippen LogP contribution in [0.4, 0.5) is 4.79 Å². The van der Waals surface area contributed by atoms with E-state index in [-0.39, 0.29) is 42.9 Å². The molecule has 0 aromatic carbocycles. The summed E-state index contributed by atoms with van der Waals surface area (Å²) in [5, 5.41) is 21.6. The van der Waals surface area contributed by atoms with E-state index >= 15 is 0 Å². The van der Waals surface area contributed by atoms with Crippen LogP contribution in [0.15, 0.2) is 0 Å². The zero-order valence-electron chi connectivity index (χ0n) is 30.4. The molecule has 48 heavy (non-hydrogen) atoms. The van der Waals surface area contributed by atoms with Gasteiger partial charge in [0.05, 0.1) is 23.9 Å². The summed E-state index contributed by atoms with van der Waals surface area (Å²) in [7, 11) is 3.87. The van der Waals surface area contributed by atoms with Crippen molar-refractivity contribution >= 4 is 17.8 Å². The Morgan fingerprint density at radius 3 is 2.46 bits per heavy atom. The third-order valence-corrected chi connectivity index (χ3v) is 11.7. The number of likely N-dealkylation sites (N-methyl/N-ethyl adjacent to an activating group) is 1. The molecule has 1 amide bonds. The summed E-state index contributed by atoms with van der Waals surface area (Å²) in [5.74, 6) is -1.77. The molecule has 6 fully saturated rings. The maximum absolute atomic E-state index is 14.6. The first kappa shape index (κ1) is 37.4. The number of nitrogens with one attached hydrogen (secondary N) is 3. The van der Waals surface area contributed by atoms with E-state index in [1.807, 2.05) is 39.8 Å². The summed E-state index contributed by atoms with van der Waals surface area (Å²) in [4.78, 5) is 43.4. The van der Waals surface area contributed by atoms with E-state index in [4.69, 9.17) is 23.7 Å². The Labute approximate surface area is 285 Å². The highest BCUT2D eigenvalue weighted by Gasteiger charge is 2.58. The van der Waals surface area contributed by atoms with E-state index in [1.165, 1.54) is 0 Å². The molecule has 5 aliphatic heterocycles. The number of nitrogens with zero attached hydrogens (tertiary/aromatic N) is 1. The first-order valence-corrected chi connectivity index (χ1v) is 18.0. The molecule has 0 aromatic rings. The van der Waals surface area contributed by atoms with Crippen LogP contribution >= 0.6 is 0 Å². The lowest BCUT2D eigenvalue weighted by atomic mass is 9.70. The largest absolute Gasteiger partial charge is 0.457 e. The number of esters is 1. The van der Waals surface area contributed by atoms with Crippen LogP contribution in [0.2, 0.25) is 0 Å². The molecule has 6 rings (SSSR count). The Bertz CT molecular complexity index is 1190. The summed E-state index contributed by atoms with van der Waals surface area (Å²) in [5.41, 5.74) is -3.68. The minimum absolute atomic E-state index is 0.0492. The Kier molecular flexibility index (Phi) is 11.2. The summed E-state index contributed by atoms with van der Waals surface area (Å²) < 4.78 is 31.9. The molecule has 13 nitrogen and oxygen atoms in total. The molecule has 1 saturated carbocycles. The fraction of sp³-hybridized carbons (Fsp3) is 0.914. The summed E-state index contributed by atoms with van der Waals surface area (Å²) in [6.07, 6.45) is -0.456. The van der Waals surface area contributed by atoms with Gasteiger partial charge in [-0.1, -0.05) is 20.8 Å². The van der Waals surface area contributed by atoms with Crippen molar-refractivity contribution in [1.29, 1.82) is 0 Å².